The fraction of sp³-hybridized carbons (Fsp3) is 1.00. The summed E-state index contributed by atoms with van der Waals surface area (Å²) >= 11 is 0. The second-order valence-electron chi connectivity index (χ2n) is 6.48. The van der Waals surface area contributed by atoms with E-state index in [1.54, 1.807) is 0 Å². The predicted molar refractivity (Wildman–Crippen MR) is 63.5 cm³/mol. The van der Waals surface area contributed by atoms with E-state index in [9.17, 15) is 0 Å². The summed E-state index contributed by atoms with van der Waals surface area (Å²) in [6, 6.07) is 0. The molecule has 3 rings (SSSR count). The fourth-order valence-corrected chi connectivity index (χ4v) is 5.16. The lowest BCUT2D eigenvalue weighted by atomic mass is 9.73. The molecule has 0 spiro atoms. The Kier molecular flexibility index (Phi) is 2.35. The largest absolute Gasteiger partial charge is 0.325 e. The van der Waals surface area contributed by atoms with Crippen LogP contribution in [-0.4, -0.2) is 5.54 Å². The first-order valence-corrected chi connectivity index (χ1v) is 7.00. The van der Waals surface area contributed by atoms with Gasteiger partial charge in [-0.15, -0.1) is 0 Å². The molecule has 86 valence electrons. The lowest BCUT2D eigenvalue weighted by Crippen LogP contribution is -2.48. The maximum Gasteiger partial charge on any atom is 0.0188 e. The van der Waals surface area contributed by atoms with Crippen molar-refractivity contribution in [3.8, 4) is 0 Å². The first-order chi connectivity index (χ1) is 7.21. The van der Waals surface area contributed by atoms with Gasteiger partial charge in [0.05, 0.1) is 0 Å². The third-order valence-corrected chi connectivity index (χ3v) is 5.79. The molecular formula is C14H25N. The summed E-state index contributed by atoms with van der Waals surface area (Å²) in [5, 5.41) is 0. The van der Waals surface area contributed by atoms with E-state index in [1.165, 1.54) is 51.4 Å². The lowest BCUT2D eigenvalue weighted by molar-refractivity contribution is 0.184. The van der Waals surface area contributed by atoms with Crippen molar-refractivity contribution in [3.63, 3.8) is 0 Å². The molecule has 0 aromatic heterocycles. The Balaban J connectivity index is 1.90. The number of rotatable bonds is 0. The van der Waals surface area contributed by atoms with Crippen molar-refractivity contribution in [1.29, 1.82) is 0 Å². The normalized spacial score (nSPS) is 54.8. The molecule has 2 N–H and O–H groups in total. The SMILES string of the molecule is CC1(N)C2CCCCC2C2CCCCC21. The molecule has 4 unspecified atom stereocenters. The lowest BCUT2D eigenvalue weighted by Gasteiger charge is -2.37. The molecule has 1 heteroatoms. The molecule has 0 aliphatic heterocycles. The van der Waals surface area contributed by atoms with Gasteiger partial charge in [-0.05, 0) is 56.3 Å². The summed E-state index contributed by atoms with van der Waals surface area (Å²) < 4.78 is 0. The fourth-order valence-electron chi connectivity index (χ4n) is 5.16. The zero-order valence-corrected chi connectivity index (χ0v) is 10.0. The van der Waals surface area contributed by atoms with Gasteiger partial charge in [0.25, 0.3) is 0 Å². The van der Waals surface area contributed by atoms with Gasteiger partial charge in [-0.1, -0.05) is 25.7 Å². The van der Waals surface area contributed by atoms with Crippen LogP contribution in [0.25, 0.3) is 0 Å². The summed E-state index contributed by atoms with van der Waals surface area (Å²) in [4.78, 5) is 0. The average molecular weight is 207 g/mol. The zero-order valence-electron chi connectivity index (χ0n) is 10.0. The third kappa shape index (κ3) is 1.39. The van der Waals surface area contributed by atoms with Gasteiger partial charge in [0.1, 0.15) is 0 Å². The van der Waals surface area contributed by atoms with Gasteiger partial charge in [-0.25, -0.2) is 0 Å². The zero-order chi connectivity index (χ0) is 10.5. The van der Waals surface area contributed by atoms with Crippen molar-refractivity contribution >= 4 is 0 Å². The Morgan fingerprint density at radius 2 is 1.20 bits per heavy atom. The second-order valence-corrected chi connectivity index (χ2v) is 6.48. The summed E-state index contributed by atoms with van der Waals surface area (Å²) in [7, 11) is 0. The molecule has 0 amide bonds. The summed E-state index contributed by atoms with van der Waals surface area (Å²) in [6.07, 6.45) is 11.6. The van der Waals surface area contributed by atoms with Crippen LogP contribution < -0.4 is 5.73 Å². The minimum Gasteiger partial charge on any atom is -0.325 e. The van der Waals surface area contributed by atoms with E-state index in [0.29, 0.717) is 0 Å². The van der Waals surface area contributed by atoms with Crippen LogP contribution in [-0.2, 0) is 0 Å². The van der Waals surface area contributed by atoms with Gasteiger partial charge in [0, 0.05) is 5.54 Å². The monoisotopic (exact) mass is 207 g/mol. The molecule has 0 bridgehead atoms. The predicted octanol–water partition coefficient (Wildman–Crippen LogP) is 3.33. The van der Waals surface area contributed by atoms with Crippen LogP contribution in [0.2, 0.25) is 0 Å². The molecule has 0 saturated heterocycles. The number of nitrogens with two attached hydrogens (primary N) is 1. The third-order valence-electron chi connectivity index (χ3n) is 5.79. The molecule has 0 heterocycles. The quantitative estimate of drug-likeness (QED) is 0.648. The Morgan fingerprint density at radius 1 is 0.800 bits per heavy atom. The van der Waals surface area contributed by atoms with Gasteiger partial charge < -0.3 is 5.73 Å². The Morgan fingerprint density at radius 3 is 1.67 bits per heavy atom. The summed E-state index contributed by atoms with van der Waals surface area (Å²) in [5.74, 6) is 3.72. The standard InChI is InChI=1S/C14H25N/c1-14(15)12-8-4-2-6-10(12)11-7-3-5-9-13(11)14/h10-13H,2-9,15H2,1H3. The molecular weight excluding hydrogens is 182 g/mol. The highest BCUT2D eigenvalue weighted by atomic mass is 14.8. The van der Waals surface area contributed by atoms with E-state index in [0.717, 1.165) is 23.7 Å². The number of hydrogen-bond acceptors (Lipinski definition) is 1. The second kappa shape index (κ2) is 3.48. The average Bonchev–Trinajstić information content (AvgIpc) is 2.51. The van der Waals surface area contributed by atoms with Crippen LogP contribution in [0, 0.1) is 23.7 Å². The Bertz CT molecular complexity index is 222. The highest BCUT2D eigenvalue weighted by Crippen LogP contribution is 2.57. The van der Waals surface area contributed by atoms with Gasteiger partial charge in [-0.3, -0.25) is 0 Å². The van der Waals surface area contributed by atoms with E-state index in [4.69, 9.17) is 5.73 Å². The Hall–Kier alpha value is -0.0400. The van der Waals surface area contributed by atoms with Gasteiger partial charge in [-0.2, -0.15) is 0 Å². The number of fused-ring (bicyclic) bond motifs is 3. The topological polar surface area (TPSA) is 26.0 Å². The van der Waals surface area contributed by atoms with Crippen LogP contribution in [0.1, 0.15) is 58.3 Å². The van der Waals surface area contributed by atoms with E-state index in [-0.39, 0.29) is 5.54 Å². The molecule has 1 nitrogen and oxygen atoms in total. The number of hydrogen-bond donors (Lipinski definition) is 1. The van der Waals surface area contributed by atoms with Crippen molar-refractivity contribution in [2.45, 2.75) is 63.8 Å². The molecule has 4 atom stereocenters. The van der Waals surface area contributed by atoms with Gasteiger partial charge in [0.15, 0.2) is 0 Å². The maximum atomic E-state index is 6.69. The highest BCUT2D eigenvalue weighted by Gasteiger charge is 2.55. The molecule has 0 radical (unpaired) electrons. The first kappa shape index (κ1) is 10.1. The Labute approximate surface area is 93.8 Å². The molecule has 0 aromatic rings. The smallest absolute Gasteiger partial charge is 0.0188 e. The summed E-state index contributed by atoms with van der Waals surface area (Å²) in [6.45, 7) is 2.37. The maximum absolute atomic E-state index is 6.69. The summed E-state index contributed by atoms with van der Waals surface area (Å²) in [5.41, 5.74) is 6.86. The minimum absolute atomic E-state index is 0.177. The van der Waals surface area contributed by atoms with E-state index in [2.05, 4.69) is 6.92 Å². The van der Waals surface area contributed by atoms with Crippen LogP contribution in [0.4, 0.5) is 0 Å². The van der Waals surface area contributed by atoms with Crippen molar-refractivity contribution in [3.05, 3.63) is 0 Å². The van der Waals surface area contributed by atoms with Gasteiger partial charge in [0.2, 0.25) is 0 Å². The molecule has 0 aromatic carbocycles. The molecule has 15 heavy (non-hydrogen) atoms. The van der Waals surface area contributed by atoms with Crippen molar-refractivity contribution in [2.75, 3.05) is 0 Å². The first-order valence-electron chi connectivity index (χ1n) is 7.00. The molecule has 3 aliphatic rings. The highest BCUT2D eigenvalue weighted by molar-refractivity contribution is 5.09. The van der Waals surface area contributed by atoms with Crippen LogP contribution >= 0.6 is 0 Å². The van der Waals surface area contributed by atoms with E-state index < -0.39 is 0 Å². The van der Waals surface area contributed by atoms with Crippen molar-refractivity contribution in [1.82, 2.24) is 0 Å². The van der Waals surface area contributed by atoms with E-state index in [1.807, 2.05) is 0 Å². The van der Waals surface area contributed by atoms with Crippen molar-refractivity contribution in [2.24, 2.45) is 29.4 Å². The van der Waals surface area contributed by atoms with Crippen molar-refractivity contribution < 1.29 is 0 Å². The minimum atomic E-state index is 0.177. The van der Waals surface area contributed by atoms with E-state index >= 15 is 0 Å². The van der Waals surface area contributed by atoms with Crippen LogP contribution in [0.15, 0.2) is 0 Å². The van der Waals surface area contributed by atoms with Gasteiger partial charge >= 0.3 is 0 Å². The molecule has 3 fully saturated rings. The molecule has 3 saturated carbocycles. The van der Waals surface area contributed by atoms with Crippen LogP contribution in [0.5, 0.6) is 0 Å². The van der Waals surface area contributed by atoms with Crippen LogP contribution in [0.3, 0.4) is 0 Å². The molecule has 3 aliphatic carbocycles.